The molecule has 0 unspecified atom stereocenters. The number of nitrogens with one attached hydrogen (secondary N) is 1. The Kier molecular flexibility index (Phi) is 5.90. The molecule has 2 aromatic heterocycles. The van der Waals surface area contributed by atoms with E-state index in [2.05, 4.69) is 32.3 Å². The fraction of sp³-hybridized carbons (Fsp3) is 0.286. The van der Waals surface area contributed by atoms with E-state index in [0.29, 0.717) is 19.5 Å². The number of rotatable bonds is 6. The van der Waals surface area contributed by atoms with E-state index in [9.17, 15) is 4.79 Å². The van der Waals surface area contributed by atoms with Crippen molar-refractivity contribution in [3.63, 3.8) is 0 Å². The van der Waals surface area contributed by atoms with E-state index in [4.69, 9.17) is 4.74 Å². The van der Waals surface area contributed by atoms with Crippen LogP contribution in [-0.4, -0.2) is 54.1 Å². The molecule has 7 nitrogen and oxygen atoms in total. The molecule has 1 fully saturated rings. The molecule has 1 saturated heterocycles. The third kappa shape index (κ3) is 4.83. The second kappa shape index (κ2) is 8.91. The van der Waals surface area contributed by atoms with Crippen molar-refractivity contribution in [3.8, 4) is 5.75 Å². The Morgan fingerprint density at radius 1 is 1.14 bits per heavy atom. The van der Waals surface area contributed by atoms with Gasteiger partial charge in [-0.25, -0.2) is 9.97 Å². The summed E-state index contributed by atoms with van der Waals surface area (Å²) in [5.74, 6) is 1.71. The zero-order valence-electron chi connectivity index (χ0n) is 16.2. The van der Waals surface area contributed by atoms with Gasteiger partial charge < -0.3 is 19.9 Å². The van der Waals surface area contributed by atoms with Gasteiger partial charge in [-0.1, -0.05) is 6.07 Å². The minimum absolute atomic E-state index is 0.120. The fourth-order valence-electron chi connectivity index (χ4n) is 3.27. The number of nitrogens with zero attached hydrogens (tertiary/aromatic N) is 4. The number of benzene rings is 1. The van der Waals surface area contributed by atoms with Crippen molar-refractivity contribution in [1.82, 2.24) is 14.9 Å². The van der Waals surface area contributed by atoms with Crippen molar-refractivity contribution in [1.29, 1.82) is 0 Å². The molecule has 3 heterocycles. The summed E-state index contributed by atoms with van der Waals surface area (Å²) in [5.41, 5.74) is 1.94. The van der Waals surface area contributed by atoms with Crippen LogP contribution < -0.4 is 15.0 Å². The Morgan fingerprint density at radius 3 is 2.62 bits per heavy atom. The Morgan fingerprint density at radius 2 is 1.93 bits per heavy atom. The van der Waals surface area contributed by atoms with Crippen LogP contribution in [0.4, 0.5) is 16.6 Å². The highest BCUT2D eigenvalue weighted by atomic mass is 32.1. The molecule has 0 spiro atoms. The molecule has 0 radical (unpaired) electrons. The summed E-state index contributed by atoms with van der Waals surface area (Å²) in [4.78, 5) is 25.6. The Labute approximate surface area is 174 Å². The van der Waals surface area contributed by atoms with Crippen LogP contribution in [0.1, 0.15) is 5.69 Å². The molecule has 0 atom stereocenters. The number of ether oxygens (including phenoxy) is 1. The lowest BCUT2D eigenvalue weighted by atomic mass is 10.2. The predicted octanol–water partition coefficient (Wildman–Crippen LogP) is 3.18. The normalized spacial score (nSPS) is 14.0. The molecule has 0 saturated carbocycles. The number of aromatic nitrogens is 2. The van der Waals surface area contributed by atoms with Crippen molar-refractivity contribution < 1.29 is 9.53 Å². The predicted molar refractivity (Wildman–Crippen MR) is 115 cm³/mol. The summed E-state index contributed by atoms with van der Waals surface area (Å²) in [5, 5.41) is 5.84. The van der Waals surface area contributed by atoms with E-state index < -0.39 is 0 Å². The van der Waals surface area contributed by atoms with Crippen molar-refractivity contribution >= 4 is 33.9 Å². The van der Waals surface area contributed by atoms with Crippen LogP contribution >= 0.6 is 11.3 Å². The molecule has 1 aliphatic rings. The SMILES string of the molecule is COc1ccc(N2CCN(C(=O)Cc3csc(Nc4ccccn4)n3)CC2)cc1. The van der Waals surface area contributed by atoms with Crippen LogP contribution in [0.2, 0.25) is 0 Å². The standard InChI is InChI=1S/C21H23N5O2S/c1-28-18-7-5-17(6-8-18)25-10-12-26(13-11-25)20(27)14-16-15-29-21(23-16)24-19-4-2-3-9-22-19/h2-9,15H,10-14H2,1H3,(H,22,23,24). The van der Waals surface area contributed by atoms with Crippen LogP contribution in [0, 0.1) is 0 Å². The quantitative estimate of drug-likeness (QED) is 0.674. The first kappa shape index (κ1) is 19.2. The number of methoxy groups -OCH3 is 1. The molecule has 0 aliphatic carbocycles. The number of thiazole rings is 1. The average Bonchev–Trinajstić information content (AvgIpc) is 3.21. The molecule has 1 aromatic carbocycles. The summed E-state index contributed by atoms with van der Waals surface area (Å²) in [6.45, 7) is 3.07. The molecule has 150 valence electrons. The maximum atomic E-state index is 12.7. The highest BCUT2D eigenvalue weighted by molar-refractivity contribution is 7.13. The van der Waals surface area contributed by atoms with E-state index in [1.54, 1.807) is 13.3 Å². The van der Waals surface area contributed by atoms with Gasteiger partial charge in [-0.2, -0.15) is 0 Å². The third-order valence-electron chi connectivity index (χ3n) is 4.85. The number of hydrogen-bond acceptors (Lipinski definition) is 7. The van der Waals surface area contributed by atoms with Crippen molar-refractivity contribution in [2.24, 2.45) is 0 Å². The lowest BCUT2D eigenvalue weighted by Crippen LogP contribution is -2.49. The average molecular weight is 410 g/mol. The number of pyridine rings is 1. The molecule has 1 aliphatic heterocycles. The molecule has 4 rings (SSSR count). The van der Waals surface area contributed by atoms with E-state index in [-0.39, 0.29) is 5.91 Å². The molecule has 1 amide bonds. The zero-order valence-corrected chi connectivity index (χ0v) is 17.1. The topological polar surface area (TPSA) is 70.6 Å². The van der Waals surface area contributed by atoms with Gasteiger partial charge in [-0.3, -0.25) is 4.79 Å². The van der Waals surface area contributed by atoms with Crippen LogP contribution in [0.25, 0.3) is 0 Å². The van der Waals surface area contributed by atoms with Gasteiger partial charge in [-0.15, -0.1) is 11.3 Å². The molecule has 0 bridgehead atoms. The molecular formula is C21H23N5O2S. The minimum atomic E-state index is 0.120. The first-order chi connectivity index (χ1) is 14.2. The fourth-order valence-corrected chi connectivity index (χ4v) is 3.98. The molecular weight excluding hydrogens is 386 g/mol. The number of piperazine rings is 1. The van der Waals surface area contributed by atoms with E-state index >= 15 is 0 Å². The van der Waals surface area contributed by atoms with E-state index in [1.165, 1.54) is 11.3 Å². The van der Waals surface area contributed by atoms with Crippen molar-refractivity contribution in [2.45, 2.75) is 6.42 Å². The van der Waals surface area contributed by atoms with Gasteiger partial charge in [0.05, 0.1) is 19.2 Å². The Balaban J connectivity index is 1.28. The van der Waals surface area contributed by atoms with E-state index in [0.717, 1.165) is 41.2 Å². The third-order valence-corrected chi connectivity index (χ3v) is 5.66. The largest absolute Gasteiger partial charge is 0.497 e. The first-order valence-corrected chi connectivity index (χ1v) is 10.4. The van der Waals surface area contributed by atoms with Gasteiger partial charge in [0.2, 0.25) is 5.91 Å². The minimum Gasteiger partial charge on any atom is -0.497 e. The van der Waals surface area contributed by atoms with Gasteiger partial charge in [-0.05, 0) is 36.4 Å². The van der Waals surface area contributed by atoms with Gasteiger partial charge in [0.1, 0.15) is 11.6 Å². The second-order valence-corrected chi connectivity index (χ2v) is 7.58. The number of anilines is 3. The summed E-state index contributed by atoms with van der Waals surface area (Å²) < 4.78 is 5.21. The highest BCUT2D eigenvalue weighted by Gasteiger charge is 2.22. The molecule has 3 aromatic rings. The molecule has 1 N–H and O–H groups in total. The summed E-state index contributed by atoms with van der Waals surface area (Å²) in [6.07, 6.45) is 2.05. The lowest BCUT2D eigenvalue weighted by Gasteiger charge is -2.36. The van der Waals surface area contributed by atoms with Crippen LogP contribution in [0.15, 0.2) is 54.0 Å². The van der Waals surface area contributed by atoms with Crippen molar-refractivity contribution in [2.75, 3.05) is 43.5 Å². The molecule has 29 heavy (non-hydrogen) atoms. The van der Waals surface area contributed by atoms with E-state index in [1.807, 2.05) is 40.6 Å². The summed E-state index contributed by atoms with van der Waals surface area (Å²) in [6, 6.07) is 13.7. The second-order valence-electron chi connectivity index (χ2n) is 6.73. The van der Waals surface area contributed by atoms with Gasteiger partial charge >= 0.3 is 0 Å². The number of amides is 1. The summed E-state index contributed by atoms with van der Waals surface area (Å²) in [7, 11) is 1.67. The number of carbonyl (C=O) groups is 1. The van der Waals surface area contributed by atoms with Gasteiger partial charge in [0.15, 0.2) is 5.13 Å². The summed E-state index contributed by atoms with van der Waals surface area (Å²) >= 11 is 1.48. The van der Waals surface area contributed by atoms with Gasteiger partial charge in [0, 0.05) is 43.4 Å². The lowest BCUT2D eigenvalue weighted by molar-refractivity contribution is -0.130. The number of carbonyl (C=O) groups excluding carboxylic acids is 1. The Hall–Kier alpha value is -3.13. The first-order valence-electron chi connectivity index (χ1n) is 9.50. The van der Waals surface area contributed by atoms with Crippen LogP contribution in [0.3, 0.4) is 0 Å². The maximum absolute atomic E-state index is 12.7. The highest BCUT2D eigenvalue weighted by Crippen LogP contribution is 2.22. The van der Waals surface area contributed by atoms with Crippen molar-refractivity contribution in [3.05, 3.63) is 59.7 Å². The van der Waals surface area contributed by atoms with Crippen LogP contribution in [-0.2, 0) is 11.2 Å². The number of hydrogen-bond donors (Lipinski definition) is 1. The maximum Gasteiger partial charge on any atom is 0.228 e. The van der Waals surface area contributed by atoms with Crippen LogP contribution in [0.5, 0.6) is 5.75 Å². The van der Waals surface area contributed by atoms with Gasteiger partial charge in [0.25, 0.3) is 0 Å². The monoisotopic (exact) mass is 409 g/mol. The smallest absolute Gasteiger partial charge is 0.228 e. The molecule has 8 heteroatoms. The Bertz CT molecular complexity index is 937. The zero-order chi connectivity index (χ0) is 20.1.